The van der Waals surface area contributed by atoms with Gasteiger partial charge in [-0.15, -0.1) is 0 Å². The summed E-state index contributed by atoms with van der Waals surface area (Å²) < 4.78 is 11.2. The van der Waals surface area contributed by atoms with E-state index in [0.29, 0.717) is 12.3 Å². The summed E-state index contributed by atoms with van der Waals surface area (Å²) in [6, 6.07) is 16.0. The second-order valence-corrected chi connectivity index (χ2v) is 7.49. The van der Waals surface area contributed by atoms with Crippen LogP contribution in [0.25, 0.3) is 0 Å². The highest BCUT2D eigenvalue weighted by atomic mass is 16.5. The highest BCUT2D eigenvalue weighted by Crippen LogP contribution is 2.41. The SMILES string of the molecule is COc1cc(CNC(=O)C2(c3ccccc3)CCCC2)ccc1OC(C)C. The molecule has 27 heavy (non-hydrogen) atoms. The first-order chi connectivity index (χ1) is 13.0. The minimum Gasteiger partial charge on any atom is -0.493 e. The van der Waals surface area contributed by atoms with Crippen LogP contribution in [0.5, 0.6) is 11.5 Å². The third-order valence-corrected chi connectivity index (χ3v) is 5.26. The lowest BCUT2D eigenvalue weighted by Gasteiger charge is -2.28. The molecule has 0 atom stereocenters. The summed E-state index contributed by atoms with van der Waals surface area (Å²) in [4.78, 5) is 13.1. The Balaban J connectivity index is 1.73. The Morgan fingerprint density at radius 2 is 1.78 bits per heavy atom. The zero-order valence-electron chi connectivity index (χ0n) is 16.5. The van der Waals surface area contributed by atoms with Crippen LogP contribution >= 0.6 is 0 Å². The van der Waals surface area contributed by atoms with Crippen LogP contribution < -0.4 is 14.8 Å². The van der Waals surface area contributed by atoms with Gasteiger partial charge >= 0.3 is 0 Å². The van der Waals surface area contributed by atoms with E-state index in [-0.39, 0.29) is 12.0 Å². The van der Waals surface area contributed by atoms with Gasteiger partial charge in [-0.3, -0.25) is 4.79 Å². The van der Waals surface area contributed by atoms with E-state index in [1.54, 1.807) is 7.11 Å². The van der Waals surface area contributed by atoms with E-state index in [1.807, 2.05) is 50.2 Å². The molecule has 0 bridgehead atoms. The average molecular weight is 367 g/mol. The third-order valence-electron chi connectivity index (χ3n) is 5.26. The van der Waals surface area contributed by atoms with E-state index in [9.17, 15) is 4.79 Å². The molecule has 0 radical (unpaired) electrons. The van der Waals surface area contributed by atoms with E-state index >= 15 is 0 Å². The number of hydrogen-bond donors (Lipinski definition) is 1. The van der Waals surface area contributed by atoms with Gasteiger partial charge in [0.05, 0.1) is 18.6 Å². The van der Waals surface area contributed by atoms with Gasteiger partial charge in [0.25, 0.3) is 0 Å². The molecule has 4 nitrogen and oxygen atoms in total. The van der Waals surface area contributed by atoms with Crippen molar-refractivity contribution in [3.63, 3.8) is 0 Å². The van der Waals surface area contributed by atoms with Crippen molar-refractivity contribution in [2.75, 3.05) is 7.11 Å². The van der Waals surface area contributed by atoms with Crippen LogP contribution in [-0.2, 0) is 16.8 Å². The smallest absolute Gasteiger partial charge is 0.230 e. The van der Waals surface area contributed by atoms with Crippen molar-refractivity contribution >= 4 is 5.91 Å². The fraction of sp³-hybridized carbons (Fsp3) is 0.435. The van der Waals surface area contributed by atoms with Crippen LogP contribution in [0.2, 0.25) is 0 Å². The molecule has 144 valence electrons. The summed E-state index contributed by atoms with van der Waals surface area (Å²) in [7, 11) is 1.63. The Morgan fingerprint density at radius 3 is 2.41 bits per heavy atom. The number of carbonyl (C=O) groups excluding carboxylic acids is 1. The summed E-state index contributed by atoms with van der Waals surface area (Å²) in [5, 5.41) is 3.16. The van der Waals surface area contributed by atoms with E-state index in [4.69, 9.17) is 9.47 Å². The van der Waals surface area contributed by atoms with Gasteiger partial charge in [-0.25, -0.2) is 0 Å². The maximum atomic E-state index is 13.1. The fourth-order valence-corrected chi connectivity index (χ4v) is 3.91. The number of carbonyl (C=O) groups is 1. The molecule has 0 saturated heterocycles. The van der Waals surface area contributed by atoms with Crippen molar-refractivity contribution in [3.05, 3.63) is 59.7 Å². The minimum absolute atomic E-state index is 0.0811. The first-order valence-corrected chi connectivity index (χ1v) is 9.72. The van der Waals surface area contributed by atoms with Gasteiger partial charge < -0.3 is 14.8 Å². The topological polar surface area (TPSA) is 47.6 Å². The van der Waals surface area contributed by atoms with Crippen LogP contribution in [-0.4, -0.2) is 19.1 Å². The van der Waals surface area contributed by atoms with Crippen LogP contribution in [0.15, 0.2) is 48.5 Å². The summed E-state index contributed by atoms with van der Waals surface area (Å²) in [6.45, 7) is 4.45. The number of methoxy groups -OCH3 is 1. The maximum absolute atomic E-state index is 13.1. The van der Waals surface area contributed by atoms with Gasteiger partial charge in [0.2, 0.25) is 5.91 Å². The lowest BCUT2D eigenvalue weighted by atomic mass is 9.78. The molecule has 0 spiro atoms. The predicted octanol–water partition coefficient (Wildman–Crippen LogP) is 4.61. The number of nitrogens with one attached hydrogen (secondary N) is 1. The number of amides is 1. The Morgan fingerprint density at radius 1 is 1.07 bits per heavy atom. The zero-order chi connectivity index (χ0) is 19.3. The average Bonchev–Trinajstić information content (AvgIpc) is 3.18. The largest absolute Gasteiger partial charge is 0.493 e. The maximum Gasteiger partial charge on any atom is 0.230 e. The van der Waals surface area contributed by atoms with E-state index < -0.39 is 5.41 Å². The molecule has 1 amide bonds. The Bertz CT molecular complexity index is 764. The highest BCUT2D eigenvalue weighted by Gasteiger charge is 2.42. The van der Waals surface area contributed by atoms with Crippen LogP contribution in [0.3, 0.4) is 0 Å². The van der Waals surface area contributed by atoms with Crippen molar-refractivity contribution in [1.82, 2.24) is 5.32 Å². The molecule has 2 aromatic rings. The Labute approximate surface area is 161 Å². The van der Waals surface area contributed by atoms with E-state index in [1.165, 1.54) is 0 Å². The van der Waals surface area contributed by atoms with Crippen molar-refractivity contribution in [2.45, 2.75) is 57.6 Å². The molecule has 2 aromatic carbocycles. The molecular weight excluding hydrogens is 338 g/mol. The molecular formula is C23H29NO3. The van der Waals surface area contributed by atoms with Crippen molar-refractivity contribution in [3.8, 4) is 11.5 Å². The van der Waals surface area contributed by atoms with Crippen molar-refractivity contribution in [2.24, 2.45) is 0 Å². The van der Waals surface area contributed by atoms with E-state index in [2.05, 4.69) is 17.4 Å². The van der Waals surface area contributed by atoms with Crippen LogP contribution in [0.1, 0.15) is 50.7 Å². The number of hydrogen-bond acceptors (Lipinski definition) is 3. The zero-order valence-corrected chi connectivity index (χ0v) is 16.5. The predicted molar refractivity (Wildman–Crippen MR) is 107 cm³/mol. The van der Waals surface area contributed by atoms with Crippen LogP contribution in [0.4, 0.5) is 0 Å². The Hall–Kier alpha value is -2.49. The fourth-order valence-electron chi connectivity index (χ4n) is 3.91. The summed E-state index contributed by atoms with van der Waals surface area (Å²) in [5.74, 6) is 1.53. The third kappa shape index (κ3) is 4.26. The number of rotatable bonds is 7. The van der Waals surface area contributed by atoms with Crippen LogP contribution in [0, 0.1) is 0 Å². The second kappa shape index (κ2) is 8.47. The molecule has 1 N–H and O–H groups in total. The molecule has 1 saturated carbocycles. The van der Waals surface area contributed by atoms with E-state index in [0.717, 1.165) is 42.6 Å². The van der Waals surface area contributed by atoms with Crippen molar-refractivity contribution < 1.29 is 14.3 Å². The standard InChI is InChI=1S/C23H29NO3/c1-17(2)27-20-12-11-18(15-21(20)26-3)16-24-22(25)23(13-7-8-14-23)19-9-5-4-6-10-19/h4-6,9-12,15,17H,7-8,13-14,16H2,1-3H3,(H,24,25). The molecule has 0 aromatic heterocycles. The Kier molecular flexibility index (Phi) is 6.04. The quantitative estimate of drug-likeness (QED) is 0.777. The molecule has 0 heterocycles. The first-order valence-electron chi connectivity index (χ1n) is 9.72. The molecule has 1 aliphatic rings. The van der Waals surface area contributed by atoms with Crippen molar-refractivity contribution in [1.29, 1.82) is 0 Å². The normalized spacial score (nSPS) is 15.6. The van der Waals surface area contributed by atoms with Gasteiger partial charge in [0.1, 0.15) is 0 Å². The van der Waals surface area contributed by atoms with Gasteiger partial charge in [-0.05, 0) is 49.9 Å². The summed E-state index contributed by atoms with van der Waals surface area (Å²) >= 11 is 0. The lowest BCUT2D eigenvalue weighted by molar-refractivity contribution is -0.126. The first kappa shape index (κ1) is 19.3. The minimum atomic E-state index is -0.397. The lowest BCUT2D eigenvalue weighted by Crippen LogP contribution is -2.42. The molecule has 0 unspecified atom stereocenters. The van der Waals surface area contributed by atoms with Gasteiger partial charge in [0.15, 0.2) is 11.5 Å². The molecule has 1 fully saturated rings. The van der Waals surface area contributed by atoms with Gasteiger partial charge in [-0.1, -0.05) is 49.2 Å². The molecule has 0 aliphatic heterocycles. The number of ether oxygens (including phenoxy) is 2. The highest BCUT2D eigenvalue weighted by molar-refractivity contribution is 5.88. The monoisotopic (exact) mass is 367 g/mol. The molecule has 4 heteroatoms. The molecule has 3 rings (SSSR count). The summed E-state index contributed by atoms with van der Waals surface area (Å²) in [5.41, 5.74) is 1.72. The van der Waals surface area contributed by atoms with Gasteiger partial charge in [0, 0.05) is 6.54 Å². The second-order valence-electron chi connectivity index (χ2n) is 7.49. The number of benzene rings is 2. The molecule has 1 aliphatic carbocycles. The van der Waals surface area contributed by atoms with Gasteiger partial charge in [-0.2, -0.15) is 0 Å². The summed E-state index contributed by atoms with van der Waals surface area (Å²) in [6.07, 6.45) is 4.09.